The number of nitrogens with zero attached hydrogens (tertiary/aromatic N) is 4. The summed E-state index contributed by atoms with van der Waals surface area (Å²) in [6.45, 7) is 15.0. The van der Waals surface area contributed by atoms with Crippen LogP contribution in [0.15, 0.2) is 99.3 Å². The average Bonchev–Trinajstić information content (AvgIpc) is 3.21. The second-order valence-electron chi connectivity index (χ2n) is 15.7. The molecule has 4 aromatic heterocycles. The molecule has 0 spiro atoms. The maximum absolute atomic E-state index is 14.4. The number of anilines is 3. The fraction of sp³-hybridized carbons (Fsp3) is 0.261. The van der Waals surface area contributed by atoms with Gasteiger partial charge in [-0.15, -0.1) is 0 Å². The number of aromatic amines is 2. The van der Waals surface area contributed by atoms with E-state index in [4.69, 9.17) is 34.2 Å². The molecule has 0 saturated heterocycles. The molecule has 0 aliphatic rings. The zero-order valence-corrected chi connectivity index (χ0v) is 37.9. The third kappa shape index (κ3) is 12.1. The van der Waals surface area contributed by atoms with Crippen molar-refractivity contribution in [3.8, 4) is 34.4 Å². The summed E-state index contributed by atoms with van der Waals surface area (Å²) in [5, 5.41) is 22.2. The number of benzene rings is 2. The van der Waals surface area contributed by atoms with Crippen molar-refractivity contribution in [1.29, 1.82) is 10.5 Å². The Bertz CT molecular complexity index is 2760. The highest BCUT2D eigenvalue weighted by Gasteiger charge is 2.23. The SMILES string of the molecule is CC(C)(C#N)c1cc(Br)ccn1.CC(C)c1[nH]c(=O)c(-c2cc(Cl)ccc2F)cc1N.CC(C)c1[nH]c(=O)c(-c2cc(Cl)ccc2F)cc1Nc1ccnc(C(C)(C)C#N)c1. The van der Waals surface area contributed by atoms with Gasteiger partial charge in [-0.1, -0.05) is 66.8 Å². The van der Waals surface area contributed by atoms with Crippen molar-refractivity contribution in [2.24, 2.45) is 0 Å². The van der Waals surface area contributed by atoms with Crippen LogP contribution in [-0.4, -0.2) is 19.9 Å². The first kappa shape index (κ1) is 47.8. The number of nitrogen functional groups attached to an aromatic ring is 1. The first-order valence-electron chi connectivity index (χ1n) is 19.0. The van der Waals surface area contributed by atoms with Crippen LogP contribution >= 0.6 is 39.1 Å². The molecule has 0 fully saturated rings. The summed E-state index contributed by atoms with van der Waals surface area (Å²) in [4.78, 5) is 38.7. The Hall–Kier alpha value is -5.86. The van der Waals surface area contributed by atoms with Crippen molar-refractivity contribution < 1.29 is 8.78 Å². The molecule has 0 radical (unpaired) electrons. The Balaban J connectivity index is 0.000000224. The summed E-state index contributed by atoms with van der Waals surface area (Å²) in [5.41, 5.74) is 9.00. The summed E-state index contributed by atoms with van der Waals surface area (Å²) in [6.07, 6.45) is 3.31. The minimum Gasteiger partial charge on any atom is -0.397 e. The molecule has 0 aliphatic carbocycles. The standard InChI is InChI=1S/C23H22ClFN4O.C14H14ClFN2O.C9H9BrN2/c1-13(2)21-19(28-15-7-8-27-20(10-15)23(3,4)12-26)11-17(22(30)29-21)16-9-14(24)5-6-18(16)25;1-7(2)13-12(17)6-10(14(19)18-13)9-5-8(15)3-4-11(9)16;1-9(2,6-11)8-5-7(10)3-4-12-8/h5-11,13H,1-4H3,(H,27,28)(H,29,30);3-7H,17H2,1-2H3,(H,18,19);3-5H,1-2H3. The number of nitriles is 2. The summed E-state index contributed by atoms with van der Waals surface area (Å²) in [6, 6.07) is 23.0. The molecule has 0 unspecified atom stereocenters. The van der Waals surface area contributed by atoms with Crippen LogP contribution in [0.25, 0.3) is 22.3 Å². The zero-order chi connectivity index (χ0) is 45.4. The first-order chi connectivity index (χ1) is 28.6. The van der Waals surface area contributed by atoms with E-state index in [1.807, 2.05) is 53.7 Å². The van der Waals surface area contributed by atoms with Gasteiger partial charge in [-0.05, 0) is 112 Å². The Kier molecular flexibility index (Phi) is 15.8. The molecule has 5 N–H and O–H groups in total. The fourth-order valence-electron chi connectivity index (χ4n) is 5.82. The second kappa shape index (κ2) is 20.1. The fourth-order valence-corrected chi connectivity index (χ4v) is 6.50. The third-order valence-corrected chi connectivity index (χ3v) is 10.3. The van der Waals surface area contributed by atoms with Gasteiger partial charge >= 0.3 is 0 Å². The molecule has 0 amide bonds. The van der Waals surface area contributed by atoms with Crippen molar-refractivity contribution in [3.05, 3.63) is 155 Å². The largest absolute Gasteiger partial charge is 0.397 e. The Labute approximate surface area is 372 Å². The number of pyridine rings is 4. The molecule has 0 aliphatic heterocycles. The first-order valence-corrected chi connectivity index (χ1v) is 20.5. The van der Waals surface area contributed by atoms with E-state index >= 15 is 0 Å². The number of halogens is 5. The van der Waals surface area contributed by atoms with Crippen molar-refractivity contribution in [2.45, 2.75) is 78.1 Å². The maximum atomic E-state index is 14.4. The maximum Gasteiger partial charge on any atom is 0.256 e. The number of hydrogen-bond donors (Lipinski definition) is 4. The van der Waals surface area contributed by atoms with Crippen LogP contribution in [0.3, 0.4) is 0 Å². The van der Waals surface area contributed by atoms with Crippen LogP contribution < -0.4 is 22.2 Å². The van der Waals surface area contributed by atoms with Crippen LogP contribution in [0, 0.1) is 34.3 Å². The van der Waals surface area contributed by atoms with Gasteiger partial charge in [-0.2, -0.15) is 10.5 Å². The second-order valence-corrected chi connectivity index (χ2v) is 17.5. The summed E-state index contributed by atoms with van der Waals surface area (Å²) < 4.78 is 29.1. The topological polar surface area (TPSA) is 177 Å². The molecule has 0 atom stereocenters. The van der Waals surface area contributed by atoms with Gasteiger partial charge in [-0.25, -0.2) is 8.78 Å². The quantitative estimate of drug-likeness (QED) is 0.116. The normalized spacial score (nSPS) is 11.2. The number of aromatic nitrogens is 4. The summed E-state index contributed by atoms with van der Waals surface area (Å²) in [7, 11) is 0. The van der Waals surface area contributed by atoms with Crippen LogP contribution in [0.5, 0.6) is 0 Å². The van der Waals surface area contributed by atoms with Gasteiger partial charge in [0.1, 0.15) is 11.6 Å². The minimum absolute atomic E-state index is 0.00955. The lowest BCUT2D eigenvalue weighted by molar-refractivity contribution is 0.630. The predicted molar refractivity (Wildman–Crippen MR) is 244 cm³/mol. The molecule has 10 nitrogen and oxygen atoms in total. The number of H-pyrrole nitrogens is 2. The Morgan fingerprint density at radius 1 is 0.689 bits per heavy atom. The van der Waals surface area contributed by atoms with Crippen LogP contribution in [0.2, 0.25) is 10.0 Å². The summed E-state index contributed by atoms with van der Waals surface area (Å²) in [5.74, 6) is -0.942. The van der Waals surface area contributed by atoms with Crippen LogP contribution in [0.1, 0.15) is 90.0 Å². The molecule has 0 saturated carbocycles. The van der Waals surface area contributed by atoms with E-state index < -0.39 is 28.0 Å². The lowest BCUT2D eigenvalue weighted by atomic mass is 9.90. The van der Waals surface area contributed by atoms with Crippen LogP contribution in [-0.2, 0) is 10.8 Å². The molecule has 0 bridgehead atoms. The van der Waals surface area contributed by atoms with Crippen molar-refractivity contribution in [1.82, 2.24) is 19.9 Å². The van der Waals surface area contributed by atoms with Gasteiger partial charge in [0, 0.05) is 55.1 Å². The van der Waals surface area contributed by atoms with Crippen molar-refractivity contribution in [2.75, 3.05) is 11.1 Å². The Morgan fingerprint density at radius 2 is 1.15 bits per heavy atom. The van der Waals surface area contributed by atoms with E-state index in [1.165, 1.54) is 42.5 Å². The van der Waals surface area contributed by atoms with Gasteiger partial charge in [0.2, 0.25) is 0 Å². The van der Waals surface area contributed by atoms with Gasteiger partial charge in [0.25, 0.3) is 11.1 Å². The molecule has 6 aromatic rings. The Morgan fingerprint density at radius 3 is 1.62 bits per heavy atom. The van der Waals surface area contributed by atoms with Gasteiger partial charge in [0.15, 0.2) is 0 Å². The van der Waals surface area contributed by atoms with E-state index in [2.05, 4.69) is 53.3 Å². The lowest BCUT2D eigenvalue weighted by Gasteiger charge is -2.19. The predicted octanol–water partition coefficient (Wildman–Crippen LogP) is 12.1. The minimum atomic E-state index is -0.751. The van der Waals surface area contributed by atoms with E-state index in [1.54, 1.807) is 44.4 Å². The molecule has 61 heavy (non-hydrogen) atoms. The van der Waals surface area contributed by atoms with Crippen LogP contribution in [0.4, 0.5) is 25.8 Å². The lowest BCUT2D eigenvalue weighted by Crippen LogP contribution is -2.17. The van der Waals surface area contributed by atoms with Gasteiger partial charge < -0.3 is 21.0 Å². The van der Waals surface area contributed by atoms with Gasteiger partial charge in [0.05, 0.1) is 56.9 Å². The molecule has 4 heterocycles. The van der Waals surface area contributed by atoms with Crippen molar-refractivity contribution in [3.63, 3.8) is 0 Å². The van der Waals surface area contributed by atoms with E-state index in [-0.39, 0.29) is 39.6 Å². The number of rotatable bonds is 8. The molecule has 316 valence electrons. The van der Waals surface area contributed by atoms with E-state index in [0.717, 1.165) is 10.2 Å². The number of hydrogen-bond acceptors (Lipinski definition) is 8. The highest BCUT2D eigenvalue weighted by atomic mass is 79.9. The molecule has 2 aromatic carbocycles. The number of nitrogens with one attached hydrogen (secondary N) is 3. The van der Waals surface area contributed by atoms with Gasteiger partial charge in [-0.3, -0.25) is 19.6 Å². The third-order valence-electron chi connectivity index (χ3n) is 9.37. The molecule has 6 rings (SSSR count). The van der Waals surface area contributed by atoms with Crippen molar-refractivity contribution >= 4 is 56.2 Å². The highest BCUT2D eigenvalue weighted by molar-refractivity contribution is 9.10. The smallest absolute Gasteiger partial charge is 0.256 e. The number of nitrogens with two attached hydrogens (primary N) is 1. The zero-order valence-electron chi connectivity index (χ0n) is 34.8. The molecule has 15 heteroatoms. The highest BCUT2D eigenvalue weighted by Crippen LogP contribution is 2.32. The van der Waals surface area contributed by atoms with E-state index in [9.17, 15) is 23.6 Å². The monoisotopic (exact) mass is 928 g/mol. The molecular formula is C46H45BrCl2F2N8O2. The van der Waals surface area contributed by atoms with E-state index in [0.29, 0.717) is 44.2 Å². The average molecular weight is 931 g/mol. The molecular weight excluding hydrogens is 885 g/mol. The summed E-state index contributed by atoms with van der Waals surface area (Å²) >= 11 is 15.2.